The van der Waals surface area contributed by atoms with E-state index in [1.54, 1.807) is 94.8 Å². The third-order valence-corrected chi connectivity index (χ3v) is 16.2. The zero-order chi connectivity index (χ0) is 74.9. The predicted molar refractivity (Wildman–Crippen MR) is 396 cm³/mol. The van der Waals surface area contributed by atoms with Crippen molar-refractivity contribution in [1.29, 1.82) is 0 Å². The quantitative estimate of drug-likeness (QED) is 0.0252. The van der Waals surface area contributed by atoms with Gasteiger partial charge in [0.15, 0.2) is 10.3 Å². The molecule has 5 heterocycles. The van der Waals surface area contributed by atoms with Crippen molar-refractivity contribution in [1.82, 2.24) is 52.7 Å². The van der Waals surface area contributed by atoms with Crippen molar-refractivity contribution in [2.75, 3.05) is 75.8 Å². The molecule has 0 aliphatic rings. The van der Waals surface area contributed by atoms with Crippen LogP contribution in [0.3, 0.4) is 0 Å². The molecule has 0 unspecified atom stereocenters. The largest absolute Gasteiger partial charge is 0.497 e. The number of benzene rings is 6. The number of nitrogens with one attached hydrogen (secondary N) is 2. The number of hydrogen-bond acceptors (Lipinski definition) is 23. The maximum Gasteiger partial charge on any atom is 0.355 e. The molecule has 546 valence electrons. The fraction of sp³-hybridized carbons (Fsp3) is 0.225. The van der Waals surface area contributed by atoms with Gasteiger partial charge < -0.3 is 50.9 Å². The van der Waals surface area contributed by atoms with E-state index < -0.39 is 34.1 Å². The Labute approximate surface area is 610 Å². The van der Waals surface area contributed by atoms with E-state index in [-0.39, 0.29) is 69.3 Å². The number of thioether (sulfide) groups is 2. The van der Waals surface area contributed by atoms with Crippen LogP contribution in [0.4, 0.5) is 30.8 Å². The molecule has 0 aliphatic heterocycles. The number of aromatic amines is 1. The summed E-state index contributed by atoms with van der Waals surface area (Å²) in [4.78, 5) is 96.2. The van der Waals surface area contributed by atoms with Gasteiger partial charge in [-0.1, -0.05) is 88.0 Å². The lowest BCUT2D eigenvalue weighted by molar-refractivity contribution is 0.288. The van der Waals surface area contributed by atoms with Gasteiger partial charge in [-0.3, -0.25) is 18.7 Å². The normalized spacial score (nSPS) is 10.4. The van der Waals surface area contributed by atoms with Crippen LogP contribution in [-0.4, -0.2) is 112 Å². The molecule has 0 saturated heterocycles. The number of anilines is 3. The first-order chi connectivity index (χ1) is 50.3. The fourth-order valence-electron chi connectivity index (χ4n) is 9.11. The van der Waals surface area contributed by atoms with Crippen LogP contribution in [0, 0.1) is 17.5 Å². The first-order valence-electron chi connectivity index (χ1n) is 31.4. The van der Waals surface area contributed by atoms with Crippen molar-refractivity contribution in [3.8, 4) is 34.5 Å². The molecule has 0 amide bonds. The van der Waals surface area contributed by atoms with Crippen molar-refractivity contribution < 1.29 is 41.6 Å². The molecule has 0 saturated carbocycles. The average molecular weight is 1530 g/mol. The van der Waals surface area contributed by atoms with E-state index in [9.17, 15) is 41.9 Å². The Morgan fingerprint density at radius 3 is 1.24 bits per heavy atom. The number of nitrogens with zero attached hydrogens (tertiary/aromatic N) is 10. The number of methoxy groups -OCH3 is 3. The van der Waals surface area contributed by atoms with Gasteiger partial charge in [-0.25, -0.2) is 61.0 Å². The van der Waals surface area contributed by atoms with Crippen LogP contribution in [0.2, 0.25) is 0 Å². The molecular formula is C71H75BrF3N15O12S2. The number of H-pyrrole nitrogens is 1. The molecule has 104 heavy (non-hydrogen) atoms. The Morgan fingerprint density at radius 1 is 0.471 bits per heavy atom. The summed E-state index contributed by atoms with van der Waals surface area (Å²) in [6, 6.07) is 46.0. The SMILES string of the molecule is COc1ccc(Cn2c(NCc3cccnc3N)nc(=O)n(CCOc3ccc(F)cc3)c2=O)cc1.COc1ccc(Cn2c(SC)nc(=O)[nH]c2=O)cc1.COc1ccc(Cn2c(SC)nc(=O)n(CCOc3ccc(F)cc3)c2=O)cc1.Fc1ccc(OCCBr)cc1.NCc1cccnc1N. The highest BCUT2D eigenvalue weighted by Crippen LogP contribution is 2.20. The van der Waals surface area contributed by atoms with Gasteiger partial charge in [0.25, 0.3) is 0 Å². The predicted octanol–water partition coefficient (Wildman–Crippen LogP) is 8.10. The molecule has 0 fully saturated rings. The third kappa shape index (κ3) is 24.7. The van der Waals surface area contributed by atoms with Crippen molar-refractivity contribution in [3.63, 3.8) is 0 Å². The highest BCUT2D eigenvalue weighted by atomic mass is 79.9. The number of ether oxygens (including phenoxy) is 6. The maximum absolute atomic E-state index is 13.4. The summed E-state index contributed by atoms with van der Waals surface area (Å²) in [5, 5.41) is 4.55. The Hall–Kier alpha value is -11.4. The lowest BCUT2D eigenvalue weighted by Crippen LogP contribution is -2.44. The summed E-state index contributed by atoms with van der Waals surface area (Å²) in [5.41, 5.74) is 17.4. The van der Waals surface area contributed by atoms with Crippen molar-refractivity contribution in [3.05, 3.63) is 290 Å². The van der Waals surface area contributed by atoms with Gasteiger partial charge in [-0.2, -0.15) is 15.0 Å². The van der Waals surface area contributed by atoms with Crippen LogP contribution in [0.5, 0.6) is 34.5 Å². The molecule has 5 aromatic heterocycles. The van der Waals surface area contributed by atoms with Crippen LogP contribution in [0.1, 0.15) is 27.8 Å². The number of halogens is 4. The smallest absolute Gasteiger partial charge is 0.355 e. The van der Waals surface area contributed by atoms with Gasteiger partial charge in [0, 0.05) is 41.9 Å². The van der Waals surface area contributed by atoms with E-state index in [4.69, 9.17) is 45.6 Å². The number of rotatable bonds is 26. The molecule has 8 N–H and O–H groups in total. The van der Waals surface area contributed by atoms with E-state index in [1.807, 2.05) is 60.7 Å². The van der Waals surface area contributed by atoms with Crippen LogP contribution in [0.15, 0.2) is 221 Å². The topological polar surface area (TPSA) is 353 Å². The zero-order valence-corrected chi connectivity index (χ0v) is 60.2. The monoisotopic (exact) mass is 1530 g/mol. The molecule has 0 spiro atoms. The van der Waals surface area contributed by atoms with Crippen molar-refractivity contribution >= 4 is 57.0 Å². The number of hydrogen-bond donors (Lipinski definition) is 5. The minimum absolute atomic E-state index is 0.0178. The maximum atomic E-state index is 13.4. The molecule has 33 heteroatoms. The Bertz CT molecular complexity index is 4890. The first-order valence-corrected chi connectivity index (χ1v) is 35.0. The van der Waals surface area contributed by atoms with Crippen molar-refractivity contribution in [2.45, 2.75) is 56.1 Å². The Morgan fingerprint density at radius 2 is 0.846 bits per heavy atom. The number of nitrogen functional groups attached to an aromatic ring is 2. The molecule has 11 aromatic rings. The van der Waals surface area contributed by atoms with E-state index in [0.717, 1.165) is 42.5 Å². The van der Waals surface area contributed by atoms with Gasteiger partial charge in [-0.15, -0.1) is 0 Å². The summed E-state index contributed by atoms with van der Waals surface area (Å²) < 4.78 is 76.3. The van der Waals surface area contributed by atoms with Gasteiger partial charge in [0.05, 0.1) is 60.7 Å². The van der Waals surface area contributed by atoms with E-state index in [0.29, 0.717) is 76.0 Å². The number of nitrogens with two attached hydrogens (primary N) is 3. The van der Waals surface area contributed by atoms with Crippen LogP contribution in [-0.2, 0) is 45.8 Å². The molecule has 11 rings (SSSR count). The van der Waals surface area contributed by atoms with Crippen molar-refractivity contribution in [2.24, 2.45) is 5.73 Å². The van der Waals surface area contributed by atoms with Gasteiger partial charge >= 0.3 is 34.1 Å². The summed E-state index contributed by atoms with van der Waals surface area (Å²) in [6.07, 6.45) is 6.75. The van der Waals surface area contributed by atoms with E-state index in [2.05, 4.69) is 51.2 Å². The van der Waals surface area contributed by atoms with Crippen LogP contribution >= 0.6 is 39.5 Å². The summed E-state index contributed by atoms with van der Waals surface area (Å²) in [7, 11) is 4.75. The zero-order valence-electron chi connectivity index (χ0n) is 57.0. The Kier molecular flexibility index (Phi) is 31.9. The standard InChI is InChI=1S/C25H25FN6O4.C20H20FN3O4S.C12H13N3O3S.C8H8BrFO.C6H9N3/c1-35-20-8-4-17(5-9-20)16-32-23(29-15-18-3-2-12-28-22(18)27)30-24(33)31(25(32)34)13-14-36-21-10-6-19(26)7-11-21;1-27-16-7-3-14(4-8-16)13-24-19(29-2)22-18(25)23(20(24)26)11-12-28-17-9-5-15(21)6-10-17;1-18-9-5-3-8(4-6-9)7-15-11(17)13-10(16)14-12(15)19-2;9-5-6-11-8-3-1-7(10)2-4-8;7-4-5-2-1-3-9-6(5)8/h2-12H,13-16H2,1H3,(H2,27,28)(H,29,30,33);3-10H,11-13H2,1-2H3;3-6H,7H2,1-2H3,(H,13,16,17);1-4H,5-6H2;1-3H,4,7H2,(H2,8,9). The fourth-order valence-corrected chi connectivity index (χ4v) is 10.3. The second-order valence-corrected chi connectivity index (χ2v) is 23.7. The molecular weight excluding hydrogens is 1460 g/mol. The summed E-state index contributed by atoms with van der Waals surface area (Å²) in [5.74, 6) is 3.68. The Balaban J connectivity index is 0.000000197. The number of aromatic nitrogens is 11. The molecule has 0 aliphatic carbocycles. The third-order valence-electron chi connectivity index (χ3n) is 14.5. The van der Waals surface area contributed by atoms with E-state index in [1.165, 1.54) is 97.9 Å². The summed E-state index contributed by atoms with van der Waals surface area (Å²) in [6.45, 7) is 2.12. The van der Waals surface area contributed by atoms with Gasteiger partial charge in [-0.05, 0) is 151 Å². The van der Waals surface area contributed by atoms with Crippen LogP contribution in [0.25, 0.3) is 0 Å². The molecule has 0 atom stereocenters. The second-order valence-electron chi connectivity index (χ2n) is 21.4. The highest BCUT2D eigenvalue weighted by molar-refractivity contribution is 9.09. The van der Waals surface area contributed by atoms with Crippen LogP contribution < -0.4 is 85.1 Å². The number of pyridine rings is 2. The lowest BCUT2D eigenvalue weighted by atomic mass is 10.2. The molecule has 27 nitrogen and oxygen atoms in total. The summed E-state index contributed by atoms with van der Waals surface area (Å²) >= 11 is 5.71. The molecule has 0 radical (unpaired) electrons. The highest BCUT2D eigenvalue weighted by Gasteiger charge is 2.17. The van der Waals surface area contributed by atoms with E-state index >= 15 is 0 Å². The van der Waals surface area contributed by atoms with Gasteiger partial charge in [0.1, 0.15) is 76.8 Å². The first kappa shape index (κ1) is 79.9. The van der Waals surface area contributed by atoms with Gasteiger partial charge in [0.2, 0.25) is 5.95 Å². The second kappa shape index (κ2) is 41.5. The minimum Gasteiger partial charge on any atom is -0.497 e. The lowest BCUT2D eigenvalue weighted by Gasteiger charge is -2.16. The molecule has 6 aromatic carbocycles. The number of alkyl halides is 1. The average Bonchev–Trinajstić information content (AvgIpc) is 0.805. The minimum atomic E-state index is -0.727. The molecule has 0 bridgehead atoms.